The predicted octanol–water partition coefficient (Wildman–Crippen LogP) is 1.18. The third kappa shape index (κ3) is 1.28. The van der Waals surface area contributed by atoms with Crippen molar-refractivity contribution < 1.29 is 5.11 Å². The second kappa shape index (κ2) is 2.97. The fraction of sp³-hybridized carbons (Fsp3) is 0.250. The molecule has 2 heterocycles. The number of nitrogens with zero attached hydrogens (tertiary/aromatic N) is 3. The monoisotopic (exact) mass is 197 g/mol. The lowest BCUT2D eigenvalue weighted by molar-refractivity contribution is 0.273. The molecule has 0 fully saturated rings. The number of fused-ring (bicyclic) bond motifs is 1. The van der Waals surface area contributed by atoms with E-state index in [1.165, 1.54) is 0 Å². The molecule has 0 radical (unpaired) electrons. The van der Waals surface area contributed by atoms with Crippen LogP contribution < -0.4 is 0 Å². The fourth-order valence-corrected chi connectivity index (χ4v) is 1.39. The minimum Gasteiger partial charge on any atom is -0.390 e. The lowest BCUT2D eigenvalue weighted by atomic mass is 10.4. The van der Waals surface area contributed by atoms with Gasteiger partial charge in [0.1, 0.15) is 5.15 Å². The van der Waals surface area contributed by atoms with Crippen molar-refractivity contribution in [2.24, 2.45) is 0 Å². The molecule has 2 aromatic rings. The molecule has 0 atom stereocenters. The molecule has 0 amide bonds. The van der Waals surface area contributed by atoms with E-state index in [1.807, 2.05) is 6.92 Å². The van der Waals surface area contributed by atoms with Gasteiger partial charge in [0.25, 0.3) is 0 Å². The molecule has 2 aromatic heterocycles. The van der Waals surface area contributed by atoms with Crippen molar-refractivity contribution >= 4 is 17.2 Å². The zero-order valence-corrected chi connectivity index (χ0v) is 7.78. The summed E-state index contributed by atoms with van der Waals surface area (Å²) in [6, 6.07) is 3.44. The van der Waals surface area contributed by atoms with Gasteiger partial charge in [0, 0.05) is 0 Å². The minimum absolute atomic E-state index is 0.0830. The van der Waals surface area contributed by atoms with E-state index < -0.39 is 0 Å². The number of aromatic nitrogens is 3. The van der Waals surface area contributed by atoms with Crippen LogP contribution in [-0.2, 0) is 6.61 Å². The third-order valence-electron chi connectivity index (χ3n) is 1.89. The summed E-state index contributed by atoms with van der Waals surface area (Å²) in [5.41, 5.74) is 2.15. The summed E-state index contributed by atoms with van der Waals surface area (Å²) in [6.45, 7) is 1.74. The number of imidazole rings is 1. The first-order valence-corrected chi connectivity index (χ1v) is 4.22. The van der Waals surface area contributed by atoms with Gasteiger partial charge in [0.05, 0.1) is 18.0 Å². The molecule has 0 unspecified atom stereocenters. The van der Waals surface area contributed by atoms with E-state index in [4.69, 9.17) is 16.7 Å². The van der Waals surface area contributed by atoms with Gasteiger partial charge < -0.3 is 5.11 Å². The van der Waals surface area contributed by atoms with Crippen LogP contribution in [0.5, 0.6) is 0 Å². The van der Waals surface area contributed by atoms with Crippen LogP contribution in [0.1, 0.15) is 11.4 Å². The molecular formula is C8H8ClN3O. The van der Waals surface area contributed by atoms with Crippen LogP contribution in [0.2, 0.25) is 5.15 Å². The van der Waals surface area contributed by atoms with E-state index in [-0.39, 0.29) is 6.61 Å². The highest BCUT2D eigenvalue weighted by Crippen LogP contribution is 2.12. The smallest absolute Gasteiger partial charge is 0.154 e. The molecule has 0 aliphatic carbocycles. The lowest BCUT2D eigenvalue weighted by Gasteiger charge is -1.96. The van der Waals surface area contributed by atoms with Gasteiger partial charge in [0.15, 0.2) is 5.65 Å². The Morgan fingerprint density at radius 3 is 3.00 bits per heavy atom. The first-order valence-electron chi connectivity index (χ1n) is 3.84. The molecule has 13 heavy (non-hydrogen) atoms. The Labute approximate surface area is 79.8 Å². The number of aryl methyl sites for hydroxylation is 1. The summed E-state index contributed by atoms with van der Waals surface area (Å²) in [5, 5.41) is 13.5. The second-order valence-corrected chi connectivity index (χ2v) is 3.12. The number of hydrogen-bond donors (Lipinski definition) is 1. The van der Waals surface area contributed by atoms with Crippen molar-refractivity contribution in [2.75, 3.05) is 0 Å². The molecule has 0 saturated heterocycles. The Kier molecular flexibility index (Phi) is 1.94. The average molecular weight is 198 g/mol. The highest BCUT2D eigenvalue weighted by Gasteiger charge is 2.08. The van der Waals surface area contributed by atoms with Gasteiger partial charge in [-0.15, -0.1) is 0 Å². The van der Waals surface area contributed by atoms with Crippen molar-refractivity contribution in [1.29, 1.82) is 0 Å². The van der Waals surface area contributed by atoms with Crippen molar-refractivity contribution in [3.05, 3.63) is 28.7 Å². The molecule has 2 rings (SSSR count). The second-order valence-electron chi connectivity index (χ2n) is 2.73. The largest absolute Gasteiger partial charge is 0.390 e. The summed E-state index contributed by atoms with van der Waals surface area (Å²) >= 11 is 5.72. The third-order valence-corrected chi connectivity index (χ3v) is 2.09. The number of aliphatic hydroxyl groups excluding tert-OH is 1. The predicted molar refractivity (Wildman–Crippen MR) is 48.7 cm³/mol. The van der Waals surface area contributed by atoms with Gasteiger partial charge in [-0.3, -0.25) is 0 Å². The molecule has 0 bridgehead atoms. The van der Waals surface area contributed by atoms with Crippen molar-refractivity contribution in [2.45, 2.75) is 13.5 Å². The maximum Gasteiger partial charge on any atom is 0.154 e. The quantitative estimate of drug-likeness (QED) is 0.747. The van der Waals surface area contributed by atoms with Crippen molar-refractivity contribution in [1.82, 2.24) is 14.6 Å². The molecule has 68 valence electrons. The minimum atomic E-state index is -0.0830. The van der Waals surface area contributed by atoms with E-state index >= 15 is 0 Å². The van der Waals surface area contributed by atoms with E-state index in [9.17, 15) is 0 Å². The number of aliphatic hydroxyl groups is 1. The van der Waals surface area contributed by atoms with Crippen LogP contribution in [0.15, 0.2) is 12.1 Å². The van der Waals surface area contributed by atoms with Crippen LogP contribution in [0.25, 0.3) is 5.65 Å². The maximum atomic E-state index is 9.05. The molecule has 0 aliphatic rings. The molecule has 0 spiro atoms. The van der Waals surface area contributed by atoms with Gasteiger partial charge in [-0.1, -0.05) is 11.6 Å². The Morgan fingerprint density at radius 1 is 1.54 bits per heavy atom. The molecule has 0 saturated carbocycles. The number of hydrogen-bond acceptors (Lipinski definition) is 3. The van der Waals surface area contributed by atoms with Crippen LogP contribution >= 0.6 is 11.6 Å². The summed E-state index contributed by atoms with van der Waals surface area (Å²) in [4.78, 5) is 4.21. The van der Waals surface area contributed by atoms with Crippen molar-refractivity contribution in [3.63, 3.8) is 0 Å². The van der Waals surface area contributed by atoms with Crippen LogP contribution in [0, 0.1) is 6.92 Å². The van der Waals surface area contributed by atoms with Gasteiger partial charge in [0.2, 0.25) is 0 Å². The standard InChI is InChI=1S/C8H8ClN3O/c1-5-6(4-13)12-8(10-5)3-2-7(9)11-12/h2-3,13H,4H2,1H3. The lowest BCUT2D eigenvalue weighted by Crippen LogP contribution is -1.98. The number of rotatable bonds is 1. The van der Waals surface area contributed by atoms with Crippen molar-refractivity contribution in [3.8, 4) is 0 Å². The SMILES string of the molecule is Cc1nc2ccc(Cl)nn2c1CO. The molecule has 0 aromatic carbocycles. The van der Waals surface area contributed by atoms with Gasteiger partial charge in [-0.25, -0.2) is 9.50 Å². The fourth-order valence-electron chi connectivity index (χ4n) is 1.25. The van der Waals surface area contributed by atoms with E-state index in [0.717, 1.165) is 5.69 Å². The zero-order valence-electron chi connectivity index (χ0n) is 7.03. The first kappa shape index (κ1) is 8.47. The summed E-state index contributed by atoms with van der Waals surface area (Å²) in [6.07, 6.45) is 0. The Hall–Kier alpha value is -1.13. The maximum absolute atomic E-state index is 9.05. The molecule has 0 aliphatic heterocycles. The van der Waals surface area contributed by atoms with E-state index in [2.05, 4.69) is 10.1 Å². The normalized spacial score (nSPS) is 11.0. The molecule has 1 N–H and O–H groups in total. The van der Waals surface area contributed by atoms with Crippen LogP contribution in [0.3, 0.4) is 0 Å². The van der Waals surface area contributed by atoms with E-state index in [0.29, 0.717) is 16.5 Å². The Bertz CT molecular complexity index is 452. The Balaban J connectivity index is 2.80. The summed E-state index contributed by atoms with van der Waals surface area (Å²) < 4.78 is 1.55. The van der Waals surface area contributed by atoms with Gasteiger partial charge >= 0.3 is 0 Å². The topological polar surface area (TPSA) is 50.4 Å². The van der Waals surface area contributed by atoms with Crippen LogP contribution in [0.4, 0.5) is 0 Å². The molecule has 4 nitrogen and oxygen atoms in total. The molecule has 5 heteroatoms. The van der Waals surface area contributed by atoms with Crippen LogP contribution in [-0.4, -0.2) is 19.7 Å². The highest BCUT2D eigenvalue weighted by atomic mass is 35.5. The highest BCUT2D eigenvalue weighted by molar-refractivity contribution is 6.29. The van der Waals surface area contributed by atoms with E-state index in [1.54, 1.807) is 16.6 Å². The van der Waals surface area contributed by atoms with Gasteiger partial charge in [-0.05, 0) is 19.1 Å². The summed E-state index contributed by atoms with van der Waals surface area (Å²) in [5.74, 6) is 0. The number of halogens is 1. The molecular weight excluding hydrogens is 190 g/mol. The zero-order chi connectivity index (χ0) is 9.42. The average Bonchev–Trinajstić information content (AvgIpc) is 2.40. The summed E-state index contributed by atoms with van der Waals surface area (Å²) in [7, 11) is 0. The van der Waals surface area contributed by atoms with Gasteiger partial charge in [-0.2, -0.15) is 5.10 Å². The first-order chi connectivity index (χ1) is 6.22. The Morgan fingerprint density at radius 2 is 2.31 bits per heavy atom.